The predicted molar refractivity (Wildman–Crippen MR) is 65.9 cm³/mol. The van der Waals surface area contributed by atoms with Gasteiger partial charge in [-0.15, -0.1) is 0 Å². The van der Waals surface area contributed by atoms with E-state index in [1.165, 1.54) is 0 Å². The van der Waals surface area contributed by atoms with E-state index < -0.39 is 11.7 Å². The Morgan fingerprint density at radius 3 is 2.53 bits per heavy atom. The number of ketones is 1. The van der Waals surface area contributed by atoms with Crippen molar-refractivity contribution in [2.45, 2.75) is 70.9 Å². The number of rotatable bonds is 1. The van der Waals surface area contributed by atoms with E-state index in [2.05, 4.69) is 5.32 Å². The largest absolute Gasteiger partial charge is 0.444 e. The molecule has 0 heterocycles. The molecule has 1 atom stereocenters. The van der Waals surface area contributed by atoms with Crippen molar-refractivity contribution in [1.29, 1.82) is 0 Å². The zero-order valence-corrected chi connectivity index (χ0v) is 11.0. The van der Waals surface area contributed by atoms with Crippen molar-refractivity contribution >= 4 is 11.9 Å². The summed E-state index contributed by atoms with van der Waals surface area (Å²) < 4.78 is 5.16. The molecule has 4 nitrogen and oxygen atoms in total. The second-order valence-corrected chi connectivity index (χ2v) is 5.62. The van der Waals surface area contributed by atoms with Gasteiger partial charge in [0.05, 0.1) is 6.04 Å². The minimum atomic E-state index is -0.519. The van der Waals surface area contributed by atoms with Crippen LogP contribution in [0.15, 0.2) is 0 Å². The minimum Gasteiger partial charge on any atom is -0.444 e. The Labute approximate surface area is 103 Å². The molecule has 0 spiro atoms. The van der Waals surface area contributed by atoms with Gasteiger partial charge in [-0.05, 0) is 33.6 Å². The lowest BCUT2D eigenvalue weighted by Crippen LogP contribution is -2.43. The molecule has 1 amide bonds. The van der Waals surface area contributed by atoms with Gasteiger partial charge >= 0.3 is 6.09 Å². The van der Waals surface area contributed by atoms with Crippen molar-refractivity contribution in [1.82, 2.24) is 5.32 Å². The summed E-state index contributed by atoms with van der Waals surface area (Å²) in [5.41, 5.74) is -0.519. The van der Waals surface area contributed by atoms with E-state index in [0.717, 1.165) is 32.1 Å². The van der Waals surface area contributed by atoms with Crippen LogP contribution in [0.2, 0.25) is 0 Å². The summed E-state index contributed by atoms with van der Waals surface area (Å²) in [4.78, 5) is 23.4. The molecule has 0 bridgehead atoms. The van der Waals surface area contributed by atoms with Gasteiger partial charge in [-0.3, -0.25) is 4.79 Å². The van der Waals surface area contributed by atoms with E-state index in [4.69, 9.17) is 4.74 Å². The van der Waals surface area contributed by atoms with Crippen LogP contribution in [0.3, 0.4) is 0 Å². The fourth-order valence-electron chi connectivity index (χ4n) is 1.94. The summed E-state index contributed by atoms with van der Waals surface area (Å²) in [6.45, 7) is 5.44. The van der Waals surface area contributed by atoms with E-state index in [9.17, 15) is 9.59 Å². The van der Waals surface area contributed by atoms with Crippen molar-refractivity contribution in [2.24, 2.45) is 0 Å². The first-order valence-corrected chi connectivity index (χ1v) is 6.41. The van der Waals surface area contributed by atoms with E-state index in [1.807, 2.05) is 20.8 Å². The first-order valence-electron chi connectivity index (χ1n) is 6.41. The van der Waals surface area contributed by atoms with Gasteiger partial charge in [0.15, 0.2) is 5.78 Å². The Morgan fingerprint density at radius 2 is 1.88 bits per heavy atom. The highest BCUT2D eigenvalue weighted by atomic mass is 16.6. The fraction of sp³-hybridized carbons (Fsp3) is 0.846. The van der Waals surface area contributed by atoms with Gasteiger partial charge in [0, 0.05) is 6.42 Å². The smallest absolute Gasteiger partial charge is 0.408 e. The second kappa shape index (κ2) is 6.03. The molecule has 1 aliphatic carbocycles. The zero-order valence-electron chi connectivity index (χ0n) is 11.0. The number of ether oxygens (including phenoxy) is 1. The van der Waals surface area contributed by atoms with Crippen LogP contribution in [0, 0.1) is 0 Å². The maximum absolute atomic E-state index is 11.8. The molecular formula is C13H23NO3. The molecule has 17 heavy (non-hydrogen) atoms. The Hall–Kier alpha value is -1.06. The SMILES string of the molecule is CC(C)(C)OC(=O)NC1CCCCCCC1=O. The fourth-order valence-corrected chi connectivity index (χ4v) is 1.94. The first-order chi connectivity index (χ1) is 7.88. The normalized spacial score (nSPS) is 22.5. The average molecular weight is 241 g/mol. The maximum Gasteiger partial charge on any atom is 0.408 e. The van der Waals surface area contributed by atoms with Crippen LogP contribution in [0.1, 0.15) is 59.3 Å². The van der Waals surface area contributed by atoms with Crippen LogP contribution in [0.5, 0.6) is 0 Å². The number of nitrogens with one attached hydrogen (secondary N) is 1. The highest BCUT2D eigenvalue weighted by Crippen LogP contribution is 2.15. The molecule has 0 radical (unpaired) electrons. The predicted octanol–water partition coefficient (Wildman–Crippen LogP) is 2.80. The number of Topliss-reactive ketones (excluding diaryl/α,β-unsaturated/α-hetero) is 1. The van der Waals surface area contributed by atoms with Gasteiger partial charge in [0.25, 0.3) is 0 Å². The summed E-state index contributed by atoms with van der Waals surface area (Å²) in [6.07, 6.45) is 5.00. The number of amides is 1. The van der Waals surface area contributed by atoms with Crippen LogP contribution in [0.25, 0.3) is 0 Å². The van der Waals surface area contributed by atoms with Gasteiger partial charge < -0.3 is 10.1 Å². The summed E-state index contributed by atoms with van der Waals surface area (Å²) in [5, 5.41) is 2.68. The third kappa shape index (κ3) is 5.71. The van der Waals surface area contributed by atoms with Crippen LogP contribution in [0.4, 0.5) is 4.79 Å². The maximum atomic E-state index is 11.8. The molecule has 1 saturated carbocycles. The summed E-state index contributed by atoms with van der Waals surface area (Å²) >= 11 is 0. The average Bonchev–Trinajstić information content (AvgIpc) is 2.15. The third-order valence-electron chi connectivity index (χ3n) is 2.75. The molecule has 98 valence electrons. The molecule has 1 fully saturated rings. The zero-order chi connectivity index (χ0) is 12.9. The molecule has 4 heteroatoms. The Bertz CT molecular complexity index is 281. The molecule has 1 N–H and O–H groups in total. The lowest BCUT2D eigenvalue weighted by molar-refractivity contribution is -0.121. The van der Waals surface area contributed by atoms with Crippen LogP contribution < -0.4 is 5.32 Å². The van der Waals surface area contributed by atoms with Crippen molar-refractivity contribution in [3.63, 3.8) is 0 Å². The lowest BCUT2D eigenvalue weighted by Gasteiger charge is -2.24. The minimum absolute atomic E-state index is 0.135. The van der Waals surface area contributed by atoms with E-state index in [0.29, 0.717) is 6.42 Å². The van der Waals surface area contributed by atoms with Gasteiger partial charge in [0.2, 0.25) is 0 Å². The highest BCUT2D eigenvalue weighted by Gasteiger charge is 2.24. The number of hydrogen-bond acceptors (Lipinski definition) is 3. The second-order valence-electron chi connectivity index (χ2n) is 5.62. The number of carbonyl (C=O) groups excluding carboxylic acids is 2. The Kier molecular flexibility index (Phi) is 4.97. The van der Waals surface area contributed by atoms with Crippen LogP contribution in [-0.2, 0) is 9.53 Å². The molecule has 1 unspecified atom stereocenters. The van der Waals surface area contributed by atoms with Crippen molar-refractivity contribution < 1.29 is 14.3 Å². The van der Waals surface area contributed by atoms with Crippen molar-refractivity contribution in [3.05, 3.63) is 0 Å². The molecule has 0 aliphatic heterocycles. The van der Waals surface area contributed by atoms with Crippen LogP contribution >= 0.6 is 0 Å². The summed E-state index contributed by atoms with van der Waals surface area (Å²) in [6, 6.07) is -0.356. The Morgan fingerprint density at radius 1 is 1.24 bits per heavy atom. The number of alkyl carbamates (subject to hydrolysis) is 1. The molecular weight excluding hydrogens is 218 g/mol. The monoisotopic (exact) mass is 241 g/mol. The quantitative estimate of drug-likeness (QED) is 0.768. The molecule has 0 aromatic heterocycles. The Balaban J connectivity index is 2.47. The van der Waals surface area contributed by atoms with Crippen LogP contribution in [-0.4, -0.2) is 23.5 Å². The molecule has 1 aliphatic rings. The summed E-state index contributed by atoms with van der Waals surface area (Å²) in [7, 11) is 0. The van der Waals surface area contributed by atoms with Gasteiger partial charge in [-0.2, -0.15) is 0 Å². The standard InChI is InChI=1S/C13H23NO3/c1-13(2,3)17-12(16)14-10-8-6-4-5-7-9-11(10)15/h10H,4-9H2,1-3H3,(H,14,16). The lowest BCUT2D eigenvalue weighted by atomic mass is 9.96. The van der Waals surface area contributed by atoms with E-state index in [1.54, 1.807) is 0 Å². The van der Waals surface area contributed by atoms with Crippen molar-refractivity contribution in [3.8, 4) is 0 Å². The number of carbonyl (C=O) groups is 2. The van der Waals surface area contributed by atoms with Gasteiger partial charge in [-0.25, -0.2) is 4.79 Å². The molecule has 0 saturated heterocycles. The highest BCUT2D eigenvalue weighted by molar-refractivity contribution is 5.87. The van der Waals surface area contributed by atoms with Crippen molar-refractivity contribution in [2.75, 3.05) is 0 Å². The van der Waals surface area contributed by atoms with Gasteiger partial charge in [-0.1, -0.05) is 19.3 Å². The number of hydrogen-bond donors (Lipinski definition) is 1. The topological polar surface area (TPSA) is 55.4 Å². The van der Waals surface area contributed by atoms with E-state index in [-0.39, 0.29) is 11.8 Å². The van der Waals surface area contributed by atoms with E-state index >= 15 is 0 Å². The molecule has 0 aromatic rings. The van der Waals surface area contributed by atoms with Gasteiger partial charge in [0.1, 0.15) is 5.60 Å². The molecule has 1 rings (SSSR count). The first kappa shape index (κ1) is 14.0. The molecule has 0 aromatic carbocycles. The summed E-state index contributed by atoms with van der Waals surface area (Å²) in [5.74, 6) is 0.135. The third-order valence-corrected chi connectivity index (χ3v) is 2.75.